The second-order valence-electron chi connectivity index (χ2n) is 5.63. The Morgan fingerprint density at radius 1 is 1.31 bits per heavy atom. The minimum Gasteiger partial charge on any atom is -0.494 e. The van der Waals surface area contributed by atoms with E-state index in [0.29, 0.717) is 22.6 Å². The van der Waals surface area contributed by atoms with Crippen molar-refractivity contribution >= 4 is 5.91 Å². The summed E-state index contributed by atoms with van der Waals surface area (Å²) in [6.45, 7) is -0.0396. The zero-order valence-electron chi connectivity index (χ0n) is 14.1. The first kappa shape index (κ1) is 17.6. The summed E-state index contributed by atoms with van der Waals surface area (Å²) in [6, 6.07) is 12.9. The summed E-state index contributed by atoms with van der Waals surface area (Å²) in [5.74, 6) is -0.198. The smallest absolute Gasteiger partial charge is 0.254 e. The zero-order valence-corrected chi connectivity index (χ0v) is 14.1. The van der Waals surface area contributed by atoms with E-state index in [0.717, 1.165) is 0 Å². The Bertz CT molecular complexity index is 910. The highest BCUT2D eigenvalue weighted by molar-refractivity contribution is 5.93. The van der Waals surface area contributed by atoms with Gasteiger partial charge in [-0.25, -0.2) is 9.07 Å². The van der Waals surface area contributed by atoms with Gasteiger partial charge in [-0.3, -0.25) is 4.79 Å². The molecule has 1 heterocycles. The van der Waals surface area contributed by atoms with Crippen molar-refractivity contribution in [3.8, 4) is 11.4 Å². The lowest BCUT2D eigenvalue weighted by Gasteiger charge is -2.11. The zero-order chi connectivity index (χ0) is 18.5. The van der Waals surface area contributed by atoms with Gasteiger partial charge in [0.2, 0.25) is 0 Å². The van der Waals surface area contributed by atoms with Gasteiger partial charge in [-0.05, 0) is 29.8 Å². The van der Waals surface area contributed by atoms with Gasteiger partial charge in [0.05, 0.1) is 25.0 Å². The van der Waals surface area contributed by atoms with Gasteiger partial charge >= 0.3 is 0 Å². The standard InChI is InChI=1S/C19H18FN3O3/c1-26-18-8-3-2-7-16(18)23-12-14(10-22-23)19(25)21-11-17(24)13-5-4-6-15(20)9-13/h2-10,12,17,24H,11H2,1H3,(H,21,25). The van der Waals surface area contributed by atoms with Gasteiger partial charge in [0, 0.05) is 12.7 Å². The van der Waals surface area contributed by atoms with Crippen LogP contribution in [0.5, 0.6) is 5.75 Å². The summed E-state index contributed by atoms with van der Waals surface area (Å²) in [5.41, 5.74) is 1.44. The molecule has 0 spiro atoms. The average molecular weight is 355 g/mol. The summed E-state index contributed by atoms with van der Waals surface area (Å²) >= 11 is 0. The molecule has 1 unspecified atom stereocenters. The third-order valence-electron chi connectivity index (χ3n) is 3.87. The van der Waals surface area contributed by atoms with E-state index in [4.69, 9.17) is 4.74 Å². The maximum absolute atomic E-state index is 13.2. The van der Waals surface area contributed by atoms with Gasteiger partial charge in [0.15, 0.2) is 0 Å². The number of hydrogen-bond acceptors (Lipinski definition) is 4. The minimum absolute atomic E-state index is 0.0396. The predicted molar refractivity (Wildman–Crippen MR) is 93.8 cm³/mol. The molecule has 0 aliphatic rings. The van der Waals surface area contributed by atoms with Crippen LogP contribution < -0.4 is 10.1 Å². The maximum atomic E-state index is 13.2. The van der Waals surface area contributed by atoms with Crippen molar-refractivity contribution < 1.29 is 19.0 Å². The van der Waals surface area contributed by atoms with Crippen molar-refractivity contribution in [2.75, 3.05) is 13.7 Å². The Morgan fingerprint density at radius 2 is 2.12 bits per heavy atom. The van der Waals surface area contributed by atoms with Crippen molar-refractivity contribution in [2.45, 2.75) is 6.10 Å². The first-order chi connectivity index (χ1) is 12.6. The third kappa shape index (κ3) is 3.89. The summed E-state index contributed by atoms with van der Waals surface area (Å²) in [5, 5.41) is 16.9. The molecule has 0 aliphatic heterocycles. The summed E-state index contributed by atoms with van der Waals surface area (Å²) in [6.07, 6.45) is 2.00. The molecular weight excluding hydrogens is 337 g/mol. The topological polar surface area (TPSA) is 76.4 Å². The maximum Gasteiger partial charge on any atom is 0.254 e. The number of carbonyl (C=O) groups is 1. The number of nitrogens with one attached hydrogen (secondary N) is 1. The fourth-order valence-electron chi connectivity index (χ4n) is 2.51. The van der Waals surface area contributed by atoms with Crippen LogP contribution in [-0.4, -0.2) is 34.4 Å². The summed E-state index contributed by atoms with van der Waals surface area (Å²) in [7, 11) is 1.56. The quantitative estimate of drug-likeness (QED) is 0.712. The first-order valence-electron chi connectivity index (χ1n) is 7.98. The molecule has 0 saturated carbocycles. The fraction of sp³-hybridized carbons (Fsp3) is 0.158. The molecule has 0 saturated heterocycles. The van der Waals surface area contributed by atoms with Crippen molar-refractivity contribution in [1.29, 1.82) is 0 Å². The van der Waals surface area contributed by atoms with Crippen molar-refractivity contribution in [2.24, 2.45) is 0 Å². The number of hydrogen-bond donors (Lipinski definition) is 2. The number of carbonyl (C=O) groups excluding carboxylic acids is 1. The lowest BCUT2D eigenvalue weighted by molar-refractivity contribution is 0.0916. The molecule has 7 heteroatoms. The molecule has 1 atom stereocenters. The van der Waals surface area contributed by atoms with E-state index in [1.54, 1.807) is 25.4 Å². The van der Waals surface area contributed by atoms with Gasteiger partial charge in [0.1, 0.15) is 17.3 Å². The lowest BCUT2D eigenvalue weighted by atomic mass is 10.1. The van der Waals surface area contributed by atoms with Crippen LogP contribution in [0.2, 0.25) is 0 Å². The van der Waals surface area contributed by atoms with E-state index in [1.807, 2.05) is 18.2 Å². The molecule has 0 aliphatic carbocycles. The molecule has 6 nitrogen and oxygen atoms in total. The predicted octanol–water partition coefficient (Wildman–Crippen LogP) is 2.48. The lowest BCUT2D eigenvalue weighted by Crippen LogP contribution is -2.28. The van der Waals surface area contributed by atoms with Gasteiger partial charge < -0.3 is 15.2 Å². The number of aromatic nitrogens is 2. The number of amides is 1. The van der Waals surface area contributed by atoms with Crippen molar-refractivity contribution in [1.82, 2.24) is 15.1 Å². The summed E-state index contributed by atoms with van der Waals surface area (Å²) < 4.78 is 20.0. The SMILES string of the molecule is COc1ccccc1-n1cc(C(=O)NCC(O)c2cccc(F)c2)cn1. The number of ether oxygens (including phenoxy) is 1. The largest absolute Gasteiger partial charge is 0.494 e. The van der Waals surface area contributed by atoms with Crippen LogP contribution >= 0.6 is 0 Å². The second kappa shape index (κ2) is 7.79. The summed E-state index contributed by atoms with van der Waals surface area (Å²) in [4.78, 5) is 12.3. The molecule has 134 valence electrons. The van der Waals surface area contributed by atoms with E-state index in [1.165, 1.54) is 29.1 Å². The highest BCUT2D eigenvalue weighted by Gasteiger charge is 2.14. The van der Waals surface area contributed by atoms with Crippen LogP contribution in [0.1, 0.15) is 22.0 Å². The van der Waals surface area contributed by atoms with E-state index in [-0.39, 0.29) is 12.5 Å². The van der Waals surface area contributed by atoms with Crippen LogP contribution in [0.4, 0.5) is 4.39 Å². The average Bonchev–Trinajstić information content (AvgIpc) is 3.16. The molecule has 2 aromatic carbocycles. The van der Waals surface area contributed by atoms with Crippen LogP contribution in [0.15, 0.2) is 60.9 Å². The minimum atomic E-state index is -1.00. The highest BCUT2D eigenvalue weighted by Crippen LogP contribution is 2.21. The van der Waals surface area contributed by atoms with E-state index in [2.05, 4.69) is 10.4 Å². The fourth-order valence-corrected chi connectivity index (χ4v) is 2.51. The van der Waals surface area contributed by atoms with E-state index in [9.17, 15) is 14.3 Å². The highest BCUT2D eigenvalue weighted by atomic mass is 19.1. The monoisotopic (exact) mass is 355 g/mol. The molecule has 3 aromatic rings. The van der Waals surface area contributed by atoms with Crippen LogP contribution in [-0.2, 0) is 0 Å². The van der Waals surface area contributed by atoms with Crippen LogP contribution in [0.25, 0.3) is 5.69 Å². The molecule has 0 fully saturated rings. The number of aliphatic hydroxyl groups excluding tert-OH is 1. The number of benzene rings is 2. The number of nitrogens with zero attached hydrogens (tertiary/aromatic N) is 2. The second-order valence-corrected chi connectivity index (χ2v) is 5.63. The number of aliphatic hydroxyl groups is 1. The van der Waals surface area contributed by atoms with Crippen LogP contribution in [0.3, 0.4) is 0 Å². The van der Waals surface area contributed by atoms with Crippen molar-refractivity contribution in [3.05, 3.63) is 77.9 Å². The Kier molecular flexibility index (Phi) is 5.28. The van der Waals surface area contributed by atoms with Crippen LogP contribution in [0, 0.1) is 5.82 Å². The van der Waals surface area contributed by atoms with Gasteiger partial charge in [-0.15, -0.1) is 0 Å². The molecule has 0 bridgehead atoms. The van der Waals surface area contributed by atoms with Gasteiger partial charge in [0.25, 0.3) is 5.91 Å². The normalized spacial score (nSPS) is 11.8. The molecule has 3 rings (SSSR count). The Morgan fingerprint density at radius 3 is 2.88 bits per heavy atom. The van der Waals surface area contributed by atoms with Crippen molar-refractivity contribution in [3.63, 3.8) is 0 Å². The van der Waals surface area contributed by atoms with E-state index >= 15 is 0 Å². The first-order valence-corrected chi connectivity index (χ1v) is 7.98. The number of halogens is 1. The molecular formula is C19H18FN3O3. The Hall–Kier alpha value is -3.19. The molecule has 0 radical (unpaired) electrons. The van der Waals surface area contributed by atoms with Gasteiger partial charge in [-0.1, -0.05) is 24.3 Å². The van der Waals surface area contributed by atoms with E-state index < -0.39 is 11.9 Å². The number of rotatable bonds is 6. The molecule has 26 heavy (non-hydrogen) atoms. The molecule has 1 amide bonds. The van der Waals surface area contributed by atoms with Gasteiger partial charge in [-0.2, -0.15) is 5.10 Å². The molecule has 1 aromatic heterocycles. The number of methoxy groups -OCH3 is 1. The third-order valence-corrected chi connectivity index (χ3v) is 3.87. The number of para-hydroxylation sites is 2. The Labute approximate surface area is 149 Å². The molecule has 2 N–H and O–H groups in total. The Balaban J connectivity index is 1.67.